The van der Waals surface area contributed by atoms with Crippen molar-refractivity contribution in [2.24, 2.45) is 5.73 Å². The van der Waals surface area contributed by atoms with E-state index in [-0.39, 0.29) is 5.56 Å². The van der Waals surface area contributed by atoms with Crippen molar-refractivity contribution in [2.45, 2.75) is 31.7 Å². The minimum absolute atomic E-state index is 0.0204. The molecule has 1 unspecified atom stereocenters. The summed E-state index contributed by atoms with van der Waals surface area (Å²) in [4.78, 5) is 0. The number of hydrogen-bond donors (Lipinski definition) is 1. The van der Waals surface area contributed by atoms with E-state index in [1.807, 2.05) is 6.07 Å². The van der Waals surface area contributed by atoms with E-state index in [9.17, 15) is 8.78 Å². The molecule has 1 nitrogen and oxygen atoms in total. The molecule has 0 aliphatic heterocycles. The van der Waals surface area contributed by atoms with E-state index < -0.39 is 17.7 Å². The summed E-state index contributed by atoms with van der Waals surface area (Å²) in [5.41, 5.74) is 9.75. The average molecular weight is 273 g/mol. The monoisotopic (exact) mass is 273 g/mol. The maximum atomic E-state index is 13.7. The number of nitrogens with two attached hydrogens (primary N) is 1. The van der Waals surface area contributed by atoms with E-state index in [4.69, 9.17) is 5.73 Å². The highest BCUT2D eigenvalue weighted by Crippen LogP contribution is 2.26. The molecule has 104 valence electrons. The van der Waals surface area contributed by atoms with Crippen molar-refractivity contribution in [3.63, 3.8) is 0 Å². The molecule has 1 aliphatic carbocycles. The van der Waals surface area contributed by atoms with Crippen molar-refractivity contribution in [3.05, 3.63) is 70.3 Å². The van der Waals surface area contributed by atoms with Crippen LogP contribution in [0.3, 0.4) is 0 Å². The van der Waals surface area contributed by atoms with Crippen LogP contribution in [0, 0.1) is 11.6 Å². The number of fused-ring (bicyclic) bond motifs is 1. The van der Waals surface area contributed by atoms with Crippen LogP contribution in [-0.2, 0) is 19.3 Å². The topological polar surface area (TPSA) is 26.0 Å². The zero-order chi connectivity index (χ0) is 14.1. The van der Waals surface area contributed by atoms with Gasteiger partial charge < -0.3 is 5.73 Å². The van der Waals surface area contributed by atoms with Crippen molar-refractivity contribution >= 4 is 0 Å². The second-order valence-electron chi connectivity index (χ2n) is 5.40. The minimum Gasteiger partial charge on any atom is -0.323 e. The lowest BCUT2D eigenvalue weighted by molar-refractivity contribution is 0.524. The molecule has 0 aromatic heterocycles. The van der Waals surface area contributed by atoms with Crippen LogP contribution in [0.5, 0.6) is 0 Å². The maximum Gasteiger partial charge on any atom is 0.130 e. The van der Waals surface area contributed by atoms with Crippen LogP contribution in [0.2, 0.25) is 0 Å². The Kier molecular flexibility index (Phi) is 3.53. The third-order valence-electron chi connectivity index (χ3n) is 3.99. The van der Waals surface area contributed by atoms with Crippen molar-refractivity contribution in [1.82, 2.24) is 0 Å². The van der Waals surface area contributed by atoms with Gasteiger partial charge >= 0.3 is 0 Å². The fourth-order valence-corrected chi connectivity index (χ4v) is 2.97. The second kappa shape index (κ2) is 5.33. The molecule has 2 N–H and O–H groups in total. The van der Waals surface area contributed by atoms with Crippen LogP contribution in [0.15, 0.2) is 36.4 Å². The van der Waals surface area contributed by atoms with Gasteiger partial charge in [0.2, 0.25) is 0 Å². The van der Waals surface area contributed by atoms with Crippen molar-refractivity contribution < 1.29 is 8.78 Å². The highest BCUT2D eigenvalue weighted by atomic mass is 19.1. The molecule has 3 rings (SSSR count). The maximum absolute atomic E-state index is 13.7. The summed E-state index contributed by atoms with van der Waals surface area (Å²) in [5.74, 6) is -1.14. The van der Waals surface area contributed by atoms with Crippen LogP contribution in [0.25, 0.3) is 0 Å². The average Bonchev–Trinajstić information content (AvgIpc) is 2.85. The first-order valence-corrected chi connectivity index (χ1v) is 6.95. The molecular formula is C17H17F2N. The molecule has 0 radical (unpaired) electrons. The highest BCUT2D eigenvalue weighted by Gasteiger charge is 2.18. The third-order valence-corrected chi connectivity index (χ3v) is 3.99. The van der Waals surface area contributed by atoms with E-state index >= 15 is 0 Å². The summed E-state index contributed by atoms with van der Waals surface area (Å²) in [6.07, 6.45) is 3.86. The van der Waals surface area contributed by atoms with Gasteiger partial charge in [-0.3, -0.25) is 0 Å². The molecule has 2 aromatic rings. The lowest BCUT2D eigenvalue weighted by atomic mass is 9.96. The first kappa shape index (κ1) is 13.3. The summed E-state index contributed by atoms with van der Waals surface area (Å²) in [5, 5.41) is 0. The molecular weight excluding hydrogens is 256 g/mol. The first-order chi connectivity index (χ1) is 9.65. The van der Waals surface area contributed by atoms with Gasteiger partial charge in [-0.2, -0.15) is 0 Å². The Labute approximate surface area is 117 Å². The van der Waals surface area contributed by atoms with Gasteiger partial charge in [-0.25, -0.2) is 8.78 Å². The van der Waals surface area contributed by atoms with Crippen LogP contribution in [0.4, 0.5) is 8.78 Å². The molecule has 2 aromatic carbocycles. The molecule has 0 saturated carbocycles. The van der Waals surface area contributed by atoms with E-state index in [0.717, 1.165) is 18.4 Å². The standard InChI is InChI=1S/C17H17F2N/c18-14-5-2-6-15(19)17(14)16(20)10-11-7-8-12-3-1-4-13(12)9-11/h2,5-9,16H,1,3-4,10,20H2. The largest absolute Gasteiger partial charge is 0.323 e. The van der Waals surface area contributed by atoms with Gasteiger partial charge in [0.1, 0.15) is 11.6 Å². The van der Waals surface area contributed by atoms with E-state index in [1.165, 1.54) is 35.7 Å². The zero-order valence-electron chi connectivity index (χ0n) is 11.2. The van der Waals surface area contributed by atoms with Crippen LogP contribution < -0.4 is 5.73 Å². The summed E-state index contributed by atoms with van der Waals surface area (Å²) >= 11 is 0. The Hall–Kier alpha value is -1.74. The van der Waals surface area contributed by atoms with Crippen molar-refractivity contribution in [3.8, 4) is 0 Å². The second-order valence-corrected chi connectivity index (χ2v) is 5.40. The number of hydrogen-bond acceptors (Lipinski definition) is 1. The molecule has 0 saturated heterocycles. The smallest absolute Gasteiger partial charge is 0.130 e. The van der Waals surface area contributed by atoms with Crippen molar-refractivity contribution in [2.75, 3.05) is 0 Å². The zero-order valence-corrected chi connectivity index (χ0v) is 11.2. The van der Waals surface area contributed by atoms with Gasteiger partial charge in [-0.1, -0.05) is 24.3 Å². The van der Waals surface area contributed by atoms with Gasteiger partial charge in [-0.05, 0) is 54.5 Å². The van der Waals surface area contributed by atoms with Gasteiger partial charge in [0, 0.05) is 11.6 Å². The number of benzene rings is 2. The summed E-state index contributed by atoms with van der Waals surface area (Å²) in [6.45, 7) is 0. The Balaban J connectivity index is 1.84. The Morgan fingerprint density at radius 3 is 2.45 bits per heavy atom. The Bertz CT molecular complexity index is 617. The lowest BCUT2D eigenvalue weighted by Crippen LogP contribution is -2.17. The SMILES string of the molecule is NC(Cc1ccc2c(c1)CCC2)c1c(F)cccc1F. The van der Waals surface area contributed by atoms with E-state index in [1.54, 1.807) is 0 Å². The molecule has 0 fully saturated rings. The van der Waals surface area contributed by atoms with E-state index in [0.29, 0.717) is 6.42 Å². The van der Waals surface area contributed by atoms with Gasteiger partial charge in [0.05, 0.1) is 0 Å². The number of rotatable bonds is 3. The summed E-state index contributed by atoms with van der Waals surface area (Å²) < 4.78 is 27.4. The lowest BCUT2D eigenvalue weighted by Gasteiger charge is -2.14. The molecule has 0 bridgehead atoms. The van der Waals surface area contributed by atoms with Crippen molar-refractivity contribution in [1.29, 1.82) is 0 Å². The number of halogens is 2. The molecule has 20 heavy (non-hydrogen) atoms. The quantitative estimate of drug-likeness (QED) is 0.906. The fraction of sp³-hybridized carbons (Fsp3) is 0.294. The molecule has 0 amide bonds. The van der Waals surface area contributed by atoms with Gasteiger partial charge in [0.25, 0.3) is 0 Å². The molecule has 3 heteroatoms. The van der Waals surface area contributed by atoms with E-state index in [2.05, 4.69) is 12.1 Å². The van der Waals surface area contributed by atoms with Gasteiger partial charge in [-0.15, -0.1) is 0 Å². The highest BCUT2D eigenvalue weighted by molar-refractivity contribution is 5.36. The Morgan fingerprint density at radius 2 is 1.70 bits per heavy atom. The summed E-state index contributed by atoms with van der Waals surface area (Å²) in [6, 6.07) is 9.46. The Morgan fingerprint density at radius 1 is 1.00 bits per heavy atom. The molecule has 0 heterocycles. The molecule has 1 aliphatic rings. The normalized spacial score (nSPS) is 15.2. The van der Waals surface area contributed by atoms with Gasteiger partial charge in [0.15, 0.2) is 0 Å². The molecule has 1 atom stereocenters. The van der Waals surface area contributed by atoms with Crippen LogP contribution in [-0.4, -0.2) is 0 Å². The molecule has 0 spiro atoms. The minimum atomic E-state index is -0.657. The first-order valence-electron chi connectivity index (χ1n) is 6.95. The predicted octanol–water partition coefficient (Wildman–Crippen LogP) is 3.70. The number of aryl methyl sites for hydroxylation is 2. The fourth-order valence-electron chi connectivity index (χ4n) is 2.97. The summed E-state index contributed by atoms with van der Waals surface area (Å²) in [7, 11) is 0. The predicted molar refractivity (Wildman–Crippen MR) is 75.5 cm³/mol. The van der Waals surface area contributed by atoms with Crippen LogP contribution in [0.1, 0.15) is 34.7 Å². The third kappa shape index (κ3) is 2.46. The van der Waals surface area contributed by atoms with Crippen LogP contribution >= 0.6 is 0 Å².